The summed E-state index contributed by atoms with van der Waals surface area (Å²) in [5, 5.41) is 30.8. The predicted molar refractivity (Wildman–Crippen MR) is 82.8 cm³/mol. The van der Waals surface area contributed by atoms with E-state index in [4.69, 9.17) is 15.6 Å². The zero-order chi connectivity index (χ0) is 17.0. The summed E-state index contributed by atoms with van der Waals surface area (Å²) in [5.41, 5.74) is 6.62. The number of carboxylic acid groups (broad SMARTS) is 1. The Morgan fingerprint density at radius 2 is 2.17 bits per heavy atom. The van der Waals surface area contributed by atoms with Crippen LogP contribution in [0.25, 0.3) is 11.0 Å². The van der Waals surface area contributed by atoms with Crippen LogP contribution in [0.15, 0.2) is 6.20 Å². The Morgan fingerprint density at radius 3 is 2.83 bits per heavy atom. The van der Waals surface area contributed by atoms with E-state index in [1.165, 1.54) is 0 Å². The van der Waals surface area contributed by atoms with Crippen LogP contribution < -0.4 is 10.6 Å². The second-order valence-electron chi connectivity index (χ2n) is 5.26. The molecule has 0 bridgehead atoms. The van der Waals surface area contributed by atoms with Gasteiger partial charge in [-0.05, 0) is 6.42 Å². The van der Waals surface area contributed by atoms with Gasteiger partial charge in [0.25, 0.3) is 6.47 Å². The molecular formula is C13H20N6O4. The summed E-state index contributed by atoms with van der Waals surface area (Å²) in [6, 6.07) is 0. The first-order valence-corrected chi connectivity index (χ1v) is 7.08. The number of aliphatic hydroxyl groups is 2. The first-order chi connectivity index (χ1) is 11.0. The number of hydrogen-bond acceptors (Lipinski definition) is 8. The minimum absolute atomic E-state index is 0.0545. The predicted octanol–water partition coefficient (Wildman–Crippen LogP) is -1.17. The summed E-state index contributed by atoms with van der Waals surface area (Å²) in [5.74, 6) is 0.726. The molecule has 2 atom stereocenters. The number of piperidine rings is 1. The summed E-state index contributed by atoms with van der Waals surface area (Å²) in [6.07, 6.45) is 1.75. The lowest BCUT2D eigenvalue weighted by Crippen LogP contribution is -2.45. The molecule has 2 aromatic heterocycles. The minimum atomic E-state index is -0.478. The molecule has 3 heterocycles. The molecule has 1 fully saturated rings. The molecule has 0 saturated carbocycles. The number of aliphatic hydroxyl groups excluding tert-OH is 2. The molecule has 0 aliphatic carbocycles. The number of anilines is 2. The molecule has 10 nitrogen and oxygen atoms in total. The smallest absolute Gasteiger partial charge is 0.290 e. The monoisotopic (exact) mass is 324 g/mol. The van der Waals surface area contributed by atoms with Gasteiger partial charge in [0.1, 0.15) is 5.82 Å². The molecular weight excluding hydrogens is 304 g/mol. The highest BCUT2D eigenvalue weighted by Crippen LogP contribution is 2.24. The van der Waals surface area contributed by atoms with Crippen molar-refractivity contribution in [3.05, 3.63) is 6.20 Å². The van der Waals surface area contributed by atoms with Crippen LogP contribution in [-0.4, -0.2) is 67.3 Å². The zero-order valence-corrected chi connectivity index (χ0v) is 12.7. The molecule has 0 amide bonds. The van der Waals surface area contributed by atoms with E-state index in [1.807, 2.05) is 4.90 Å². The van der Waals surface area contributed by atoms with Crippen molar-refractivity contribution in [2.75, 3.05) is 30.3 Å². The zero-order valence-electron chi connectivity index (χ0n) is 12.7. The van der Waals surface area contributed by atoms with Crippen LogP contribution in [0.1, 0.15) is 6.42 Å². The van der Waals surface area contributed by atoms with Gasteiger partial charge in [-0.15, -0.1) is 0 Å². The van der Waals surface area contributed by atoms with E-state index in [9.17, 15) is 10.2 Å². The lowest BCUT2D eigenvalue weighted by molar-refractivity contribution is -0.122. The molecule has 0 aromatic carbocycles. The fraction of sp³-hybridized carbons (Fsp3) is 0.538. The fourth-order valence-corrected chi connectivity index (χ4v) is 2.55. The summed E-state index contributed by atoms with van der Waals surface area (Å²) in [4.78, 5) is 19.1. The largest absolute Gasteiger partial charge is 0.483 e. The number of aromatic nitrogens is 4. The van der Waals surface area contributed by atoms with Crippen LogP contribution in [0.5, 0.6) is 0 Å². The highest BCUT2D eigenvalue weighted by Gasteiger charge is 2.29. The number of carbonyl (C=O) groups is 1. The van der Waals surface area contributed by atoms with Gasteiger partial charge in [0.15, 0.2) is 5.65 Å². The quantitative estimate of drug-likeness (QED) is 0.501. The van der Waals surface area contributed by atoms with Gasteiger partial charge in [0, 0.05) is 26.1 Å². The van der Waals surface area contributed by atoms with Crippen LogP contribution >= 0.6 is 0 Å². The number of fused-ring (bicyclic) bond motifs is 1. The van der Waals surface area contributed by atoms with Crippen molar-refractivity contribution in [2.24, 2.45) is 13.0 Å². The van der Waals surface area contributed by atoms with E-state index in [0.717, 1.165) is 5.39 Å². The molecule has 2 aromatic rings. The van der Waals surface area contributed by atoms with E-state index in [-0.39, 0.29) is 19.0 Å². The molecule has 126 valence electrons. The average Bonchev–Trinajstić information content (AvgIpc) is 2.90. The number of rotatable bonds is 2. The molecule has 0 spiro atoms. The number of aryl methyl sites for hydroxylation is 1. The van der Waals surface area contributed by atoms with Crippen molar-refractivity contribution in [3.63, 3.8) is 0 Å². The van der Waals surface area contributed by atoms with E-state index in [2.05, 4.69) is 15.1 Å². The van der Waals surface area contributed by atoms with E-state index >= 15 is 0 Å². The Bertz CT molecular complexity index is 676. The molecule has 0 radical (unpaired) electrons. The first kappa shape index (κ1) is 16.9. The van der Waals surface area contributed by atoms with Crippen LogP contribution in [0.3, 0.4) is 0 Å². The maximum absolute atomic E-state index is 9.80. The van der Waals surface area contributed by atoms with Gasteiger partial charge in [0.2, 0.25) is 5.95 Å². The minimum Gasteiger partial charge on any atom is -0.483 e. The molecule has 3 rings (SSSR count). The summed E-state index contributed by atoms with van der Waals surface area (Å²) in [7, 11) is 1.80. The van der Waals surface area contributed by atoms with Crippen molar-refractivity contribution in [1.29, 1.82) is 0 Å². The Morgan fingerprint density at radius 1 is 1.48 bits per heavy atom. The average molecular weight is 324 g/mol. The molecule has 0 unspecified atom stereocenters. The van der Waals surface area contributed by atoms with Crippen molar-refractivity contribution in [3.8, 4) is 0 Å². The van der Waals surface area contributed by atoms with Gasteiger partial charge < -0.3 is 26.0 Å². The van der Waals surface area contributed by atoms with E-state index < -0.39 is 6.10 Å². The fourth-order valence-electron chi connectivity index (χ4n) is 2.55. The van der Waals surface area contributed by atoms with Crippen LogP contribution in [-0.2, 0) is 11.8 Å². The van der Waals surface area contributed by atoms with Gasteiger partial charge in [0.05, 0.1) is 24.3 Å². The summed E-state index contributed by atoms with van der Waals surface area (Å²) < 4.78 is 1.65. The normalized spacial score (nSPS) is 20.9. The molecule has 1 aliphatic heterocycles. The van der Waals surface area contributed by atoms with E-state index in [0.29, 0.717) is 36.9 Å². The first-order valence-electron chi connectivity index (χ1n) is 7.08. The number of nitrogens with two attached hydrogens (primary N) is 1. The molecule has 1 saturated heterocycles. The third kappa shape index (κ3) is 3.48. The van der Waals surface area contributed by atoms with E-state index in [1.54, 1.807) is 17.9 Å². The summed E-state index contributed by atoms with van der Waals surface area (Å²) >= 11 is 0. The van der Waals surface area contributed by atoms with Gasteiger partial charge >= 0.3 is 0 Å². The summed E-state index contributed by atoms with van der Waals surface area (Å²) in [6.45, 7) is 0.849. The topological polar surface area (TPSA) is 151 Å². The number of hydrogen-bond donors (Lipinski definition) is 4. The third-order valence-electron chi connectivity index (χ3n) is 3.82. The number of nitrogens with zero attached hydrogens (tertiary/aromatic N) is 5. The van der Waals surface area contributed by atoms with Crippen LogP contribution in [0, 0.1) is 5.92 Å². The van der Waals surface area contributed by atoms with Crippen LogP contribution in [0.2, 0.25) is 0 Å². The Hall–Kier alpha value is -2.46. The van der Waals surface area contributed by atoms with Gasteiger partial charge in [-0.2, -0.15) is 15.1 Å². The van der Waals surface area contributed by atoms with Crippen molar-refractivity contribution in [2.45, 2.75) is 12.5 Å². The molecule has 5 N–H and O–H groups in total. The number of nitrogen functional groups attached to an aromatic ring is 1. The van der Waals surface area contributed by atoms with Gasteiger partial charge in [-0.1, -0.05) is 0 Å². The molecule has 23 heavy (non-hydrogen) atoms. The highest BCUT2D eigenvalue weighted by molar-refractivity contribution is 5.86. The second-order valence-corrected chi connectivity index (χ2v) is 5.26. The standard InChI is InChI=1S/C12H18N6O2.CH2O2/c1-17-11-8(4-14-17)10(13)15-12(16-11)18-3-2-9(20)7(5-18)6-19;2-1-3/h4,7,9,19-20H,2-3,5-6H2,1H3,(H2,13,15,16);1H,(H,2,3)/t7-,9-;/m0./s1. The lowest BCUT2D eigenvalue weighted by atomic mass is 9.96. The van der Waals surface area contributed by atoms with Crippen LogP contribution in [0.4, 0.5) is 11.8 Å². The maximum Gasteiger partial charge on any atom is 0.290 e. The van der Waals surface area contributed by atoms with Crippen molar-refractivity contribution >= 4 is 29.3 Å². The highest BCUT2D eigenvalue weighted by atomic mass is 16.3. The SMILES string of the molecule is Cn1ncc2c(N)nc(N3CC[C@H](O)[C@H](CO)C3)nc21.O=CO. The molecule has 1 aliphatic rings. The third-order valence-corrected chi connectivity index (χ3v) is 3.82. The van der Waals surface area contributed by atoms with Crippen molar-refractivity contribution < 1.29 is 20.1 Å². The van der Waals surface area contributed by atoms with Gasteiger partial charge in [-0.25, -0.2) is 0 Å². The Kier molecular flexibility index (Phi) is 5.29. The molecule has 10 heteroatoms. The lowest BCUT2D eigenvalue weighted by Gasteiger charge is -2.35. The van der Waals surface area contributed by atoms with Gasteiger partial charge in [-0.3, -0.25) is 9.48 Å². The maximum atomic E-state index is 9.80. The second kappa shape index (κ2) is 7.20. The Balaban J connectivity index is 0.000000595. The van der Waals surface area contributed by atoms with Crippen molar-refractivity contribution in [1.82, 2.24) is 19.7 Å². The Labute approximate surface area is 132 Å².